The summed E-state index contributed by atoms with van der Waals surface area (Å²) in [6.45, 7) is 0. The molecule has 0 atom stereocenters. The number of amides is 1. The van der Waals surface area contributed by atoms with E-state index >= 15 is 0 Å². The number of hydrogen-bond donors (Lipinski definition) is 2. The minimum Gasteiger partial charge on any atom is -0.494 e. The standard InChI is InChI=1S/C13H18N6O6S2/c1-18(2)27(23,24)11-8(26(15,21)22)5-7(12(14)20)9(10(11)25-4)13-16-6-19(3)17-13/h5-6H,1-4H3,(H2,14,20)(H2,15,21,22). The minimum absolute atomic E-state index is 0.0840. The highest BCUT2D eigenvalue weighted by atomic mass is 32.2. The van der Waals surface area contributed by atoms with Crippen molar-refractivity contribution < 1.29 is 26.4 Å². The molecule has 0 unspecified atom stereocenters. The molecule has 1 aromatic heterocycles. The SMILES string of the molecule is COc1c(-c2ncn(C)n2)c(C(N)=O)cc(S(N)(=O)=O)c1S(=O)(=O)N(C)C. The number of sulfonamides is 2. The number of ether oxygens (including phenoxy) is 1. The third-order valence-electron chi connectivity index (χ3n) is 3.54. The Balaban J connectivity index is 3.18. The average Bonchev–Trinajstić information content (AvgIpc) is 2.97. The van der Waals surface area contributed by atoms with Crippen LogP contribution in [0.3, 0.4) is 0 Å². The predicted molar refractivity (Wildman–Crippen MR) is 93.8 cm³/mol. The molecule has 0 spiro atoms. The third-order valence-corrected chi connectivity index (χ3v) is 6.49. The number of primary sulfonamides is 1. The van der Waals surface area contributed by atoms with Crippen LogP contribution >= 0.6 is 0 Å². The van der Waals surface area contributed by atoms with Crippen LogP contribution < -0.4 is 15.6 Å². The fourth-order valence-electron chi connectivity index (χ4n) is 2.32. The number of aryl methyl sites for hydroxylation is 1. The van der Waals surface area contributed by atoms with Crippen LogP contribution in [-0.4, -0.2) is 63.0 Å². The number of benzene rings is 1. The van der Waals surface area contributed by atoms with Crippen LogP contribution in [0.2, 0.25) is 0 Å². The summed E-state index contributed by atoms with van der Waals surface area (Å²) >= 11 is 0. The molecule has 2 rings (SSSR count). The number of nitrogens with two attached hydrogens (primary N) is 2. The van der Waals surface area contributed by atoms with Crippen molar-refractivity contribution in [1.82, 2.24) is 19.1 Å². The number of nitrogens with zero attached hydrogens (tertiary/aromatic N) is 4. The van der Waals surface area contributed by atoms with Gasteiger partial charge in [-0.25, -0.2) is 31.3 Å². The van der Waals surface area contributed by atoms with E-state index in [2.05, 4.69) is 10.1 Å². The number of aromatic nitrogens is 3. The average molecular weight is 418 g/mol. The molecule has 0 aliphatic carbocycles. The Labute approximate surface area is 155 Å². The second kappa shape index (κ2) is 6.88. The van der Waals surface area contributed by atoms with E-state index in [4.69, 9.17) is 15.6 Å². The highest BCUT2D eigenvalue weighted by Gasteiger charge is 2.36. The lowest BCUT2D eigenvalue weighted by atomic mass is 10.0. The molecular weight excluding hydrogens is 400 g/mol. The van der Waals surface area contributed by atoms with E-state index in [1.54, 1.807) is 7.05 Å². The molecule has 27 heavy (non-hydrogen) atoms. The lowest BCUT2D eigenvalue weighted by Crippen LogP contribution is -2.28. The van der Waals surface area contributed by atoms with Crippen LogP contribution in [0.25, 0.3) is 11.4 Å². The van der Waals surface area contributed by atoms with E-state index in [-0.39, 0.29) is 17.0 Å². The number of hydrogen-bond acceptors (Lipinski definition) is 8. The van der Waals surface area contributed by atoms with E-state index in [1.165, 1.54) is 25.1 Å². The fraction of sp³-hybridized carbons (Fsp3) is 0.308. The fourth-order valence-corrected chi connectivity index (χ4v) is 4.72. The molecule has 0 aliphatic rings. The molecule has 0 aliphatic heterocycles. The molecule has 1 heterocycles. The Morgan fingerprint density at radius 1 is 1.26 bits per heavy atom. The Hall–Kier alpha value is -2.55. The third kappa shape index (κ3) is 3.64. The van der Waals surface area contributed by atoms with E-state index in [9.17, 15) is 21.6 Å². The maximum atomic E-state index is 12.8. The van der Waals surface area contributed by atoms with Gasteiger partial charge in [0.2, 0.25) is 26.0 Å². The molecule has 148 valence electrons. The summed E-state index contributed by atoms with van der Waals surface area (Å²) in [7, 11) is -3.89. The lowest BCUT2D eigenvalue weighted by Gasteiger charge is -2.20. The molecule has 12 nitrogen and oxygen atoms in total. The number of carbonyl (C=O) groups excluding carboxylic acids is 1. The van der Waals surface area contributed by atoms with Crippen molar-refractivity contribution in [2.24, 2.45) is 17.9 Å². The molecule has 0 fully saturated rings. The maximum Gasteiger partial charge on any atom is 0.249 e. The van der Waals surface area contributed by atoms with E-state index in [1.807, 2.05) is 0 Å². The van der Waals surface area contributed by atoms with Gasteiger partial charge in [0, 0.05) is 21.1 Å². The molecule has 1 aromatic carbocycles. The Kier molecular flexibility index (Phi) is 5.29. The van der Waals surface area contributed by atoms with Gasteiger partial charge in [0.25, 0.3) is 0 Å². The molecule has 4 N–H and O–H groups in total. The quantitative estimate of drug-likeness (QED) is 0.567. The highest BCUT2D eigenvalue weighted by molar-refractivity contribution is 7.92. The second-order valence-corrected chi connectivity index (χ2v) is 9.22. The van der Waals surface area contributed by atoms with Gasteiger partial charge in [0.1, 0.15) is 16.1 Å². The van der Waals surface area contributed by atoms with Gasteiger partial charge in [-0.05, 0) is 6.07 Å². The Morgan fingerprint density at radius 3 is 2.22 bits per heavy atom. The van der Waals surface area contributed by atoms with Crippen LogP contribution in [0.5, 0.6) is 5.75 Å². The zero-order chi connectivity index (χ0) is 20.7. The summed E-state index contributed by atoms with van der Waals surface area (Å²) in [5.74, 6) is -1.59. The van der Waals surface area contributed by atoms with Crippen molar-refractivity contribution >= 4 is 26.0 Å². The van der Waals surface area contributed by atoms with Crippen LogP contribution in [0.4, 0.5) is 0 Å². The topological polar surface area (TPSA) is 181 Å². The number of primary amides is 1. The molecule has 0 radical (unpaired) electrons. The van der Waals surface area contributed by atoms with Crippen molar-refractivity contribution in [3.8, 4) is 17.1 Å². The molecule has 2 aromatic rings. The second-order valence-electron chi connectivity index (χ2n) is 5.60. The number of methoxy groups -OCH3 is 1. The zero-order valence-corrected chi connectivity index (χ0v) is 16.5. The van der Waals surface area contributed by atoms with E-state index in [0.29, 0.717) is 0 Å². The number of rotatable bonds is 6. The van der Waals surface area contributed by atoms with Crippen molar-refractivity contribution in [2.45, 2.75) is 9.79 Å². The van der Waals surface area contributed by atoms with Gasteiger partial charge in [-0.15, -0.1) is 0 Å². The molecule has 1 amide bonds. The monoisotopic (exact) mass is 418 g/mol. The van der Waals surface area contributed by atoms with E-state index in [0.717, 1.165) is 17.5 Å². The van der Waals surface area contributed by atoms with Crippen LogP contribution in [0.15, 0.2) is 22.2 Å². The molecule has 0 saturated carbocycles. The minimum atomic E-state index is -4.57. The molecule has 0 saturated heterocycles. The predicted octanol–water partition coefficient (Wildman–Crippen LogP) is -1.51. The molecule has 14 heteroatoms. The van der Waals surface area contributed by atoms with Crippen LogP contribution in [-0.2, 0) is 27.1 Å². The molecule has 0 bridgehead atoms. The van der Waals surface area contributed by atoms with Crippen molar-refractivity contribution in [3.63, 3.8) is 0 Å². The first-order valence-corrected chi connectivity index (χ1v) is 10.2. The van der Waals surface area contributed by atoms with Crippen LogP contribution in [0.1, 0.15) is 10.4 Å². The lowest BCUT2D eigenvalue weighted by molar-refractivity contribution is 0.1000. The number of carbonyl (C=O) groups is 1. The maximum absolute atomic E-state index is 12.8. The van der Waals surface area contributed by atoms with E-state index < -0.39 is 41.5 Å². The Bertz CT molecular complexity index is 1120. The van der Waals surface area contributed by atoms with Gasteiger partial charge in [0.15, 0.2) is 11.6 Å². The van der Waals surface area contributed by atoms with Crippen molar-refractivity contribution in [2.75, 3.05) is 21.2 Å². The smallest absolute Gasteiger partial charge is 0.249 e. The van der Waals surface area contributed by atoms with Gasteiger partial charge in [-0.2, -0.15) is 5.10 Å². The van der Waals surface area contributed by atoms with Gasteiger partial charge in [-0.1, -0.05) is 0 Å². The normalized spacial score (nSPS) is 12.4. The van der Waals surface area contributed by atoms with Gasteiger partial charge >= 0.3 is 0 Å². The first-order chi connectivity index (χ1) is 12.3. The highest BCUT2D eigenvalue weighted by Crippen LogP contribution is 2.41. The van der Waals surface area contributed by atoms with Crippen LogP contribution in [0, 0.1) is 0 Å². The Morgan fingerprint density at radius 2 is 1.85 bits per heavy atom. The van der Waals surface area contributed by atoms with Gasteiger partial charge in [-0.3, -0.25) is 9.48 Å². The van der Waals surface area contributed by atoms with Gasteiger partial charge in [0.05, 0.1) is 18.2 Å². The largest absolute Gasteiger partial charge is 0.494 e. The summed E-state index contributed by atoms with van der Waals surface area (Å²) in [5.41, 5.74) is 4.83. The summed E-state index contributed by atoms with van der Waals surface area (Å²) in [6.07, 6.45) is 1.30. The zero-order valence-electron chi connectivity index (χ0n) is 14.9. The summed E-state index contributed by atoms with van der Waals surface area (Å²) < 4.78 is 57.0. The summed E-state index contributed by atoms with van der Waals surface area (Å²) in [5, 5.41) is 9.21. The summed E-state index contributed by atoms with van der Waals surface area (Å²) in [4.78, 5) is 14.3. The first-order valence-electron chi connectivity index (χ1n) is 7.18. The molecular formula is C13H18N6O6S2. The van der Waals surface area contributed by atoms with Crippen molar-refractivity contribution in [1.29, 1.82) is 0 Å². The summed E-state index contributed by atoms with van der Waals surface area (Å²) in [6, 6.07) is 0.780. The van der Waals surface area contributed by atoms with Crippen molar-refractivity contribution in [3.05, 3.63) is 18.0 Å². The first kappa shape index (κ1) is 20.8. The van der Waals surface area contributed by atoms with Gasteiger partial charge < -0.3 is 10.5 Å².